The van der Waals surface area contributed by atoms with Crippen molar-refractivity contribution in [2.75, 3.05) is 29.3 Å². The third kappa shape index (κ3) is 5.34. The third-order valence-electron chi connectivity index (χ3n) is 6.47. The van der Waals surface area contributed by atoms with Crippen molar-refractivity contribution in [3.8, 4) is 0 Å². The summed E-state index contributed by atoms with van der Waals surface area (Å²) in [4.78, 5) is 32.9. The molecule has 0 radical (unpaired) electrons. The zero-order valence-electron chi connectivity index (χ0n) is 20.4. The minimum Gasteiger partial charge on any atom is -0.335 e. The molecule has 0 unspecified atom stereocenters. The van der Waals surface area contributed by atoms with Crippen molar-refractivity contribution in [2.24, 2.45) is 0 Å². The summed E-state index contributed by atoms with van der Waals surface area (Å²) in [7, 11) is -3.85. The number of sulfonamides is 1. The molecule has 5 rings (SSSR count). The number of fused-ring (bicyclic) bond motifs is 1. The number of amides is 2. The van der Waals surface area contributed by atoms with E-state index in [-0.39, 0.29) is 42.5 Å². The number of piperazine rings is 1. The number of hydrogen-bond acceptors (Lipinski definition) is 6. The Bertz CT molecular complexity index is 1640. The van der Waals surface area contributed by atoms with Crippen LogP contribution in [0, 0.1) is 0 Å². The van der Waals surface area contributed by atoms with Crippen molar-refractivity contribution in [1.82, 2.24) is 14.5 Å². The Hall–Kier alpha value is -3.91. The number of nitrogens with one attached hydrogen (secondary N) is 1. The summed E-state index contributed by atoms with van der Waals surface area (Å²) in [6, 6.07) is 9.96. The molecule has 0 bridgehead atoms. The van der Waals surface area contributed by atoms with Gasteiger partial charge in [0.25, 0.3) is 10.0 Å². The first-order chi connectivity index (χ1) is 18.4. The van der Waals surface area contributed by atoms with E-state index in [1.165, 1.54) is 50.9 Å². The minimum atomic E-state index is -4.51. The van der Waals surface area contributed by atoms with Gasteiger partial charge < -0.3 is 14.4 Å². The average molecular weight is 580 g/mol. The van der Waals surface area contributed by atoms with Crippen molar-refractivity contribution in [3.63, 3.8) is 0 Å². The van der Waals surface area contributed by atoms with E-state index >= 15 is 0 Å². The molecule has 1 aliphatic rings. The molecule has 14 heteroatoms. The van der Waals surface area contributed by atoms with E-state index in [9.17, 15) is 31.2 Å². The highest BCUT2D eigenvalue weighted by Crippen LogP contribution is 2.33. The standard InChI is InChI=1S/C25H22F3N5O4S2.H2/c1-16(32-10-8-17-2-3-18(14-21(17)32)25(26,27)28)23(35)31-11-12-33(22(34)15-31)19-4-6-20(7-5-19)39(36,37)30-24-29-9-13-38-24;/h2-10,13-14,16H,11-12,15H2,1H3,(H,29,30);1H/t16-;/m1./s1. The normalized spacial score (nSPS) is 15.5. The molecule has 9 nitrogen and oxygen atoms in total. The van der Waals surface area contributed by atoms with Gasteiger partial charge in [-0.25, -0.2) is 13.4 Å². The summed E-state index contributed by atoms with van der Waals surface area (Å²) in [5.41, 5.74) is -0.0596. The Balaban J connectivity index is 0.00000370. The van der Waals surface area contributed by atoms with Gasteiger partial charge in [-0.3, -0.25) is 14.3 Å². The van der Waals surface area contributed by atoms with Gasteiger partial charge in [-0.15, -0.1) is 11.3 Å². The largest absolute Gasteiger partial charge is 0.416 e. The first kappa shape index (κ1) is 26.7. The second kappa shape index (κ2) is 10.0. The number of thiazole rings is 1. The highest BCUT2D eigenvalue weighted by Gasteiger charge is 2.33. The Morgan fingerprint density at radius 1 is 1.13 bits per heavy atom. The summed E-state index contributed by atoms with van der Waals surface area (Å²) >= 11 is 1.14. The summed E-state index contributed by atoms with van der Waals surface area (Å²) in [5.74, 6) is -0.761. The van der Waals surface area contributed by atoms with E-state index in [0.717, 1.165) is 23.5 Å². The van der Waals surface area contributed by atoms with E-state index in [0.29, 0.717) is 11.1 Å². The SMILES string of the molecule is C[C@H](C(=O)N1CCN(c2ccc(S(=O)(=O)Nc3nccs3)cc2)C(=O)C1)n1ccc2ccc(C(F)(F)F)cc21.[HH]. The van der Waals surface area contributed by atoms with Crippen molar-refractivity contribution in [2.45, 2.75) is 24.0 Å². The Morgan fingerprint density at radius 3 is 2.51 bits per heavy atom. The van der Waals surface area contributed by atoms with Crippen LogP contribution in [-0.2, 0) is 25.8 Å². The Labute approximate surface area is 227 Å². The zero-order chi connectivity index (χ0) is 27.9. The lowest BCUT2D eigenvalue weighted by Gasteiger charge is -2.35. The highest BCUT2D eigenvalue weighted by molar-refractivity contribution is 7.93. The fraction of sp³-hybridized carbons (Fsp3) is 0.240. The van der Waals surface area contributed by atoms with Gasteiger partial charge in [0, 0.05) is 43.5 Å². The fourth-order valence-electron chi connectivity index (χ4n) is 4.43. The molecule has 1 saturated heterocycles. The molecule has 0 saturated carbocycles. The summed E-state index contributed by atoms with van der Waals surface area (Å²) in [6.45, 7) is 1.73. The van der Waals surface area contributed by atoms with Gasteiger partial charge in [0.15, 0.2) is 5.13 Å². The summed E-state index contributed by atoms with van der Waals surface area (Å²) in [5, 5.41) is 2.44. The number of halogens is 3. The topological polar surface area (TPSA) is 105 Å². The van der Waals surface area contributed by atoms with Crippen LogP contribution < -0.4 is 9.62 Å². The molecule has 39 heavy (non-hydrogen) atoms. The number of hydrogen-bond donors (Lipinski definition) is 1. The number of aromatic nitrogens is 2. The van der Waals surface area contributed by atoms with Gasteiger partial charge in [-0.1, -0.05) is 6.07 Å². The molecular formula is C25H24F3N5O4S2. The maximum absolute atomic E-state index is 13.2. The molecule has 2 aromatic carbocycles. The Morgan fingerprint density at radius 2 is 1.87 bits per heavy atom. The van der Waals surface area contributed by atoms with Gasteiger partial charge in [-0.2, -0.15) is 13.2 Å². The van der Waals surface area contributed by atoms with Crippen LogP contribution in [0.15, 0.2) is 71.2 Å². The monoisotopic (exact) mass is 579 g/mol. The van der Waals surface area contributed by atoms with Crippen LogP contribution in [0.25, 0.3) is 10.9 Å². The molecule has 4 aromatic rings. The van der Waals surface area contributed by atoms with Gasteiger partial charge >= 0.3 is 6.18 Å². The second-order valence-electron chi connectivity index (χ2n) is 8.91. The van der Waals surface area contributed by atoms with Crippen LogP contribution in [0.4, 0.5) is 24.0 Å². The van der Waals surface area contributed by atoms with Crippen LogP contribution >= 0.6 is 11.3 Å². The fourth-order valence-corrected chi connectivity index (χ4v) is 6.22. The number of nitrogens with zero attached hydrogens (tertiary/aromatic N) is 4. The van der Waals surface area contributed by atoms with E-state index in [1.807, 2.05) is 0 Å². The molecule has 0 spiro atoms. The maximum atomic E-state index is 13.2. The van der Waals surface area contributed by atoms with Crippen molar-refractivity contribution in [3.05, 3.63) is 71.9 Å². The zero-order valence-corrected chi connectivity index (χ0v) is 22.1. The molecule has 2 amide bonds. The predicted octanol–water partition coefficient (Wildman–Crippen LogP) is 4.60. The van der Waals surface area contributed by atoms with Gasteiger partial charge in [0.05, 0.1) is 10.5 Å². The van der Waals surface area contributed by atoms with Crippen LogP contribution in [-0.4, -0.2) is 54.3 Å². The first-order valence-electron chi connectivity index (χ1n) is 11.7. The lowest BCUT2D eigenvalue weighted by molar-refractivity contribution is -0.139. The maximum Gasteiger partial charge on any atom is 0.416 e. The van der Waals surface area contributed by atoms with Crippen LogP contribution in [0.1, 0.15) is 20.0 Å². The Kier molecular flexibility index (Phi) is 6.84. The van der Waals surface area contributed by atoms with E-state index < -0.39 is 33.7 Å². The number of rotatable bonds is 6. The molecule has 1 N–H and O–H groups in total. The average Bonchev–Trinajstić information content (AvgIpc) is 3.56. The minimum absolute atomic E-state index is 0. The van der Waals surface area contributed by atoms with Crippen LogP contribution in [0.2, 0.25) is 0 Å². The van der Waals surface area contributed by atoms with E-state index in [1.54, 1.807) is 24.6 Å². The van der Waals surface area contributed by atoms with Crippen molar-refractivity contribution in [1.29, 1.82) is 0 Å². The summed E-state index contributed by atoms with van der Waals surface area (Å²) < 4.78 is 68.6. The number of anilines is 2. The molecule has 206 valence electrons. The third-order valence-corrected chi connectivity index (χ3v) is 8.64. The van der Waals surface area contributed by atoms with Gasteiger partial charge in [0.1, 0.15) is 12.6 Å². The van der Waals surface area contributed by atoms with Crippen LogP contribution in [0.3, 0.4) is 0 Å². The lowest BCUT2D eigenvalue weighted by atomic mass is 10.1. The van der Waals surface area contributed by atoms with Crippen LogP contribution in [0.5, 0.6) is 0 Å². The second-order valence-corrected chi connectivity index (χ2v) is 11.5. The smallest absolute Gasteiger partial charge is 0.335 e. The molecule has 1 aliphatic heterocycles. The van der Waals surface area contributed by atoms with Gasteiger partial charge in [0.2, 0.25) is 11.8 Å². The van der Waals surface area contributed by atoms with Gasteiger partial charge in [-0.05, 0) is 54.8 Å². The lowest BCUT2D eigenvalue weighted by Crippen LogP contribution is -2.53. The molecule has 1 fully saturated rings. The number of carbonyl (C=O) groups is 2. The molecule has 0 aliphatic carbocycles. The molecular weight excluding hydrogens is 555 g/mol. The highest BCUT2D eigenvalue weighted by atomic mass is 32.2. The van der Waals surface area contributed by atoms with Crippen molar-refractivity contribution < 1.29 is 32.6 Å². The predicted molar refractivity (Wildman–Crippen MR) is 142 cm³/mol. The number of alkyl halides is 3. The molecule has 2 aromatic heterocycles. The molecule has 3 heterocycles. The van der Waals surface area contributed by atoms with Crippen molar-refractivity contribution >= 4 is 54.9 Å². The molecule has 1 atom stereocenters. The van der Waals surface area contributed by atoms with E-state index in [4.69, 9.17) is 0 Å². The first-order valence-corrected chi connectivity index (χ1v) is 14.1. The summed E-state index contributed by atoms with van der Waals surface area (Å²) in [6.07, 6.45) is -1.48. The number of carbonyl (C=O) groups excluding carboxylic acids is 2. The van der Waals surface area contributed by atoms with E-state index in [2.05, 4.69) is 9.71 Å². The quantitative estimate of drug-likeness (QED) is 0.360. The number of benzene rings is 2.